The molecule has 3 N–H and O–H groups in total. The van der Waals surface area contributed by atoms with Gasteiger partial charge in [-0.2, -0.15) is 0 Å². The molecular weight excluding hydrogens is 212 g/mol. The Kier molecular flexibility index (Phi) is 1.73. The van der Waals surface area contributed by atoms with Gasteiger partial charge in [0.05, 0.1) is 0 Å². The minimum Gasteiger partial charge on any atom is -0.307 e. The average Bonchev–Trinajstić information content (AvgIpc) is 2.67. The predicted molar refractivity (Wildman–Crippen MR) is 58.3 cm³/mol. The SMILES string of the molecule is NNc1ncnc2c1sc1nccnc12. The normalized spacial score (nSPS) is 11.0. The molecule has 0 amide bonds. The summed E-state index contributed by atoms with van der Waals surface area (Å²) < 4.78 is 0.876. The molecule has 74 valence electrons. The summed E-state index contributed by atoms with van der Waals surface area (Å²) in [6.07, 6.45) is 4.76. The van der Waals surface area contributed by atoms with Gasteiger partial charge in [0.15, 0.2) is 5.82 Å². The monoisotopic (exact) mass is 218 g/mol. The van der Waals surface area contributed by atoms with E-state index in [1.807, 2.05) is 0 Å². The van der Waals surface area contributed by atoms with Crippen LogP contribution < -0.4 is 11.3 Å². The molecule has 0 spiro atoms. The van der Waals surface area contributed by atoms with E-state index in [1.165, 1.54) is 17.7 Å². The van der Waals surface area contributed by atoms with Gasteiger partial charge in [-0.25, -0.2) is 25.8 Å². The zero-order chi connectivity index (χ0) is 10.3. The second kappa shape index (κ2) is 3.07. The number of nitrogens with zero attached hydrogens (tertiary/aromatic N) is 4. The summed E-state index contributed by atoms with van der Waals surface area (Å²) in [5.41, 5.74) is 4.11. The average molecular weight is 218 g/mol. The van der Waals surface area contributed by atoms with Crippen LogP contribution in [-0.4, -0.2) is 19.9 Å². The lowest BCUT2D eigenvalue weighted by molar-refractivity contribution is 1.19. The van der Waals surface area contributed by atoms with Gasteiger partial charge in [0.2, 0.25) is 0 Å². The molecule has 0 atom stereocenters. The highest BCUT2D eigenvalue weighted by atomic mass is 32.1. The van der Waals surface area contributed by atoms with Crippen LogP contribution in [0.4, 0.5) is 5.82 Å². The molecule has 0 aliphatic carbocycles. The number of hydrogen-bond acceptors (Lipinski definition) is 7. The lowest BCUT2D eigenvalue weighted by atomic mass is 10.4. The molecule has 3 heterocycles. The van der Waals surface area contributed by atoms with Gasteiger partial charge in [-0.1, -0.05) is 0 Å². The number of anilines is 1. The third-order valence-corrected chi connectivity index (χ3v) is 3.11. The van der Waals surface area contributed by atoms with Crippen LogP contribution in [0.3, 0.4) is 0 Å². The third-order valence-electron chi connectivity index (χ3n) is 2.03. The Morgan fingerprint density at radius 1 is 1.07 bits per heavy atom. The van der Waals surface area contributed by atoms with Crippen molar-refractivity contribution in [3.8, 4) is 0 Å². The number of nitrogen functional groups attached to an aromatic ring is 1. The molecule has 3 aromatic heterocycles. The van der Waals surface area contributed by atoms with Gasteiger partial charge in [0, 0.05) is 12.4 Å². The number of thiophene rings is 1. The fourth-order valence-corrected chi connectivity index (χ4v) is 2.41. The van der Waals surface area contributed by atoms with Crippen molar-refractivity contribution in [3.63, 3.8) is 0 Å². The van der Waals surface area contributed by atoms with E-state index < -0.39 is 0 Å². The molecule has 0 radical (unpaired) electrons. The minimum atomic E-state index is 0.602. The summed E-state index contributed by atoms with van der Waals surface area (Å²) >= 11 is 1.47. The Morgan fingerprint density at radius 2 is 1.93 bits per heavy atom. The van der Waals surface area contributed by atoms with Crippen molar-refractivity contribution >= 4 is 37.7 Å². The summed E-state index contributed by atoms with van der Waals surface area (Å²) in [5, 5.41) is 0. The molecule has 0 aliphatic heterocycles. The highest BCUT2D eigenvalue weighted by Crippen LogP contribution is 2.32. The molecule has 7 heteroatoms. The van der Waals surface area contributed by atoms with Crippen molar-refractivity contribution in [1.29, 1.82) is 0 Å². The molecule has 3 aromatic rings. The molecule has 0 saturated heterocycles. The van der Waals surface area contributed by atoms with E-state index >= 15 is 0 Å². The van der Waals surface area contributed by atoms with Gasteiger partial charge in [-0.3, -0.25) is 0 Å². The summed E-state index contributed by atoms with van der Waals surface area (Å²) in [6, 6.07) is 0. The number of hydrogen-bond donors (Lipinski definition) is 2. The number of nitrogens with one attached hydrogen (secondary N) is 1. The van der Waals surface area contributed by atoms with Gasteiger partial charge < -0.3 is 5.43 Å². The smallest absolute Gasteiger partial charge is 0.161 e. The molecule has 0 fully saturated rings. The topological polar surface area (TPSA) is 89.6 Å². The van der Waals surface area contributed by atoms with Crippen LogP contribution in [0.25, 0.3) is 20.6 Å². The van der Waals surface area contributed by atoms with E-state index in [0.29, 0.717) is 5.82 Å². The molecule has 0 saturated carbocycles. The maximum Gasteiger partial charge on any atom is 0.161 e. The first-order valence-electron chi connectivity index (χ1n) is 4.21. The zero-order valence-corrected chi connectivity index (χ0v) is 8.32. The molecule has 15 heavy (non-hydrogen) atoms. The van der Waals surface area contributed by atoms with Crippen LogP contribution in [0.1, 0.15) is 0 Å². The molecule has 0 aromatic carbocycles. The number of fused-ring (bicyclic) bond motifs is 3. The Bertz CT molecular complexity index is 633. The minimum absolute atomic E-state index is 0.602. The van der Waals surface area contributed by atoms with Gasteiger partial charge in [-0.05, 0) is 0 Å². The van der Waals surface area contributed by atoms with Gasteiger partial charge in [-0.15, -0.1) is 11.3 Å². The van der Waals surface area contributed by atoms with Crippen LogP contribution in [0, 0.1) is 0 Å². The molecule has 0 bridgehead atoms. The molecular formula is C8H6N6S. The number of nitrogens with two attached hydrogens (primary N) is 1. The summed E-state index contributed by atoms with van der Waals surface area (Å²) in [6.45, 7) is 0. The number of rotatable bonds is 1. The largest absolute Gasteiger partial charge is 0.307 e. The standard InChI is InChI=1S/C8H6N6S/c9-14-7-6-4(12-3-13-7)5-8(15-6)11-2-1-10-5/h1-3H,9H2,(H,12,13,14). The first-order valence-corrected chi connectivity index (χ1v) is 5.02. The number of hydrazine groups is 1. The van der Waals surface area contributed by atoms with E-state index in [9.17, 15) is 0 Å². The van der Waals surface area contributed by atoms with Gasteiger partial charge in [0.1, 0.15) is 26.9 Å². The first-order chi connectivity index (χ1) is 7.40. The second-order valence-electron chi connectivity index (χ2n) is 2.86. The van der Waals surface area contributed by atoms with Crippen molar-refractivity contribution in [2.75, 3.05) is 5.43 Å². The van der Waals surface area contributed by atoms with Crippen molar-refractivity contribution < 1.29 is 0 Å². The van der Waals surface area contributed by atoms with Crippen LogP contribution >= 0.6 is 11.3 Å². The van der Waals surface area contributed by atoms with E-state index in [2.05, 4.69) is 25.4 Å². The van der Waals surface area contributed by atoms with Crippen molar-refractivity contribution in [1.82, 2.24) is 19.9 Å². The summed E-state index contributed by atoms with van der Waals surface area (Å²) in [5.74, 6) is 5.96. The van der Waals surface area contributed by atoms with Crippen LogP contribution in [0.15, 0.2) is 18.7 Å². The van der Waals surface area contributed by atoms with E-state index in [-0.39, 0.29) is 0 Å². The molecule has 0 aliphatic rings. The Labute approximate surface area is 88.2 Å². The quantitative estimate of drug-likeness (QED) is 0.466. The Balaban J connectivity index is 2.53. The van der Waals surface area contributed by atoms with Crippen molar-refractivity contribution in [2.45, 2.75) is 0 Å². The Hall–Kier alpha value is -1.86. The van der Waals surface area contributed by atoms with Crippen molar-refractivity contribution in [3.05, 3.63) is 18.7 Å². The molecule has 3 rings (SSSR count). The second-order valence-corrected chi connectivity index (χ2v) is 3.86. The maximum atomic E-state index is 5.36. The maximum absolute atomic E-state index is 5.36. The van der Waals surface area contributed by atoms with E-state index in [4.69, 9.17) is 5.84 Å². The predicted octanol–water partition coefficient (Wildman–Crippen LogP) is 0.920. The van der Waals surface area contributed by atoms with E-state index in [1.54, 1.807) is 12.4 Å². The fourth-order valence-electron chi connectivity index (χ4n) is 1.40. The fraction of sp³-hybridized carbons (Fsp3) is 0. The highest BCUT2D eigenvalue weighted by Gasteiger charge is 2.11. The first kappa shape index (κ1) is 8.45. The lowest BCUT2D eigenvalue weighted by Gasteiger charge is -1.97. The number of aromatic nitrogens is 4. The highest BCUT2D eigenvalue weighted by molar-refractivity contribution is 7.25. The molecule has 0 unspecified atom stereocenters. The van der Waals surface area contributed by atoms with Gasteiger partial charge >= 0.3 is 0 Å². The van der Waals surface area contributed by atoms with E-state index in [0.717, 1.165) is 20.6 Å². The third kappa shape index (κ3) is 1.14. The van der Waals surface area contributed by atoms with Crippen LogP contribution in [-0.2, 0) is 0 Å². The molecule has 6 nitrogen and oxygen atoms in total. The Morgan fingerprint density at radius 3 is 2.80 bits per heavy atom. The zero-order valence-electron chi connectivity index (χ0n) is 7.51. The van der Waals surface area contributed by atoms with Crippen molar-refractivity contribution in [2.24, 2.45) is 5.84 Å². The van der Waals surface area contributed by atoms with Gasteiger partial charge in [0.25, 0.3) is 0 Å². The van der Waals surface area contributed by atoms with Crippen LogP contribution in [0.5, 0.6) is 0 Å². The summed E-state index contributed by atoms with van der Waals surface area (Å²) in [7, 11) is 0. The van der Waals surface area contributed by atoms with Crippen LogP contribution in [0.2, 0.25) is 0 Å². The lowest BCUT2D eigenvalue weighted by Crippen LogP contribution is -2.08. The summed E-state index contributed by atoms with van der Waals surface area (Å²) in [4.78, 5) is 17.5.